The maximum absolute atomic E-state index is 8.91. The van der Waals surface area contributed by atoms with Crippen LogP contribution in [0.5, 0.6) is 5.75 Å². The first-order valence-electron chi connectivity index (χ1n) is 11.2. The van der Waals surface area contributed by atoms with Crippen molar-refractivity contribution >= 4 is 28.5 Å². The minimum atomic E-state index is 0.245. The summed E-state index contributed by atoms with van der Waals surface area (Å²) in [5.41, 5.74) is 3.82. The van der Waals surface area contributed by atoms with Crippen LogP contribution in [0.2, 0.25) is 5.02 Å². The van der Waals surface area contributed by atoms with Crippen LogP contribution in [0.25, 0.3) is 11.0 Å². The van der Waals surface area contributed by atoms with Gasteiger partial charge in [0.05, 0.1) is 24.4 Å². The number of fused-ring (bicyclic) bond motifs is 1. The number of ether oxygens (including phenoxy) is 1. The third-order valence-corrected chi connectivity index (χ3v) is 5.55. The van der Waals surface area contributed by atoms with E-state index in [4.69, 9.17) is 36.5 Å². The molecule has 8 nitrogen and oxygen atoms in total. The van der Waals surface area contributed by atoms with Crippen LogP contribution in [-0.2, 0) is 26.6 Å². The first kappa shape index (κ1) is 24.2. The summed E-state index contributed by atoms with van der Waals surface area (Å²) in [4.78, 5) is 9.62. The van der Waals surface area contributed by atoms with Crippen molar-refractivity contribution in [1.29, 1.82) is 0 Å². The van der Waals surface area contributed by atoms with Gasteiger partial charge >= 0.3 is 0 Å². The van der Waals surface area contributed by atoms with Gasteiger partial charge in [-0.25, -0.2) is 9.97 Å². The number of aliphatic hydroxyl groups is 1. The average Bonchev–Trinajstić information content (AvgIpc) is 3.10. The van der Waals surface area contributed by atoms with Crippen molar-refractivity contribution in [1.82, 2.24) is 25.1 Å². The van der Waals surface area contributed by atoms with Crippen LogP contribution in [0, 0.1) is 0 Å². The Morgan fingerprint density at radius 1 is 1.16 bits per heavy atom. The highest BCUT2D eigenvalue weighted by molar-refractivity contribution is 6.32. The summed E-state index contributed by atoms with van der Waals surface area (Å²) in [6.07, 6.45) is 4.73. The van der Waals surface area contributed by atoms with E-state index in [0.717, 1.165) is 72.6 Å². The van der Waals surface area contributed by atoms with E-state index in [1.54, 1.807) is 7.11 Å². The average molecular weight is 461 g/mol. The van der Waals surface area contributed by atoms with E-state index >= 15 is 0 Å². The van der Waals surface area contributed by atoms with E-state index in [1.807, 2.05) is 29.9 Å². The molecule has 32 heavy (non-hydrogen) atoms. The molecule has 0 aliphatic carbocycles. The molecule has 0 saturated carbocycles. The largest absolute Gasteiger partial charge is 0.495 e. The highest BCUT2D eigenvalue weighted by Crippen LogP contribution is 2.27. The van der Waals surface area contributed by atoms with Gasteiger partial charge in [-0.3, -0.25) is 4.68 Å². The predicted octanol–water partition coefficient (Wildman–Crippen LogP) is 3.84. The second-order valence-electron chi connectivity index (χ2n) is 7.79. The van der Waals surface area contributed by atoms with Gasteiger partial charge in [0.1, 0.15) is 22.6 Å². The lowest BCUT2D eigenvalue weighted by Crippen LogP contribution is -2.18. The van der Waals surface area contributed by atoms with Crippen LogP contribution in [0.3, 0.4) is 0 Å². The molecule has 0 aliphatic heterocycles. The predicted molar refractivity (Wildman–Crippen MR) is 128 cm³/mol. The van der Waals surface area contributed by atoms with Crippen LogP contribution >= 0.6 is 11.6 Å². The number of nitrogens with one attached hydrogen (secondary N) is 2. The molecule has 3 rings (SSSR count). The van der Waals surface area contributed by atoms with Gasteiger partial charge < -0.3 is 20.5 Å². The summed E-state index contributed by atoms with van der Waals surface area (Å²) >= 11 is 6.28. The molecular formula is C23H33ClN6O2. The summed E-state index contributed by atoms with van der Waals surface area (Å²) in [7, 11) is 3.54. The first-order chi connectivity index (χ1) is 15.6. The molecule has 3 aromatic rings. The van der Waals surface area contributed by atoms with Gasteiger partial charge in [0.15, 0.2) is 5.82 Å². The molecule has 0 unspecified atom stereocenters. The van der Waals surface area contributed by atoms with Gasteiger partial charge in [0.25, 0.3) is 0 Å². The van der Waals surface area contributed by atoms with Crippen LogP contribution in [0.4, 0.5) is 5.82 Å². The van der Waals surface area contributed by atoms with Crippen LogP contribution in [0.15, 0.2) is 18.2 Å². The van der Waals surface area contributed by atoms with Gasteiger partial charge in [-0.2, -0.15) is 5.10 Å². The fourth-order valence-corrected chi connectivity index (χ4v) is 3.92. The van der Waals surface area contributed by atoms with Crippen molar-refractivity contribution in [3.05, 3.63) is 40.3 Å². The number of hydrogen-bond donors (Lipinski definition) is 3. The van der Waals surface area contributed by atoms with Crippen molar-refractivity contribution in [2.45, 2.75) is 52.1 Å². The van der Waals surface area contributed by atoms with Crippen molar-refractivity contribution in [2.24, 2.45) is 7.05 Å². The number of methoxy groups -OCH3 is 1. The fourth-order valence-electron chi connectivity index (χ4n) is 3.64. The van der Waals surface area contributed by atoms with Crippen LogP contribution in [0.1, 0.15) is 49.7 Å². The zero-order valence-corrected chi connectivity index (χ0v) is 19.9. The molecule has 9 heteroatoms. The molecule has 1 aromatic carbocycles. The van der Waals surface area contributed by atoms with E-state index in [1.165, 1.54) is 0 Å². The molecule has 2 aromatic heterocycles. The number of aliphatic hydroxyl groups excluding tert-OH is 1. The van der Waals surface area contributed by atoms with E-state index in [-0.39, 0.29) is 6.61 Å². The Morgan fingerprint density at radius 2 is 2.00 bits per heavy atom. The Morgan fingerprint density at radius 3 is 2.72 bits per heavy atom. The third-order valence-electron chi connectivity index (χ3n) is 5.26. The molecule has 0 amide bonds. The molecule has 0 atom stereocenters. The summed E-state index contributed by atoms with van der Waals surface area (Å²) in [5, 5.41) is 21.1. The van der Waals surface area contributed by atoms with Crippen molar-refractivity contribution in [3.8, 4) is 5.75 Å². The third kappa shape index (κ3) is 6.09. The summed E-state index contributed by atoms with van der Waals surface area (Å²) < 4.78 is 7.10. The van der Waals surface area contributed by atoms with E-state index < -0.39 is 0 Å². The number of benzene rings is 1. The lowest BCUT2D eigenvalue weighted by Gasteiger charge is -2.12. The number of anilines is 1. The molecule has 174 valence electrons. The Bertz CT molecular complexity index is 1020. The number of halogens is 1. The van der Waals surface area contributed by atoms with Crippen LogP contribution < -0.4 is 15.4 Å². The standard InChI is InChI=1S/C23H33ClN6O2/c1-4-8-18-21-22(30(2)29-18)23(26-14-16-9-10-19(32-3)17(24)13-16)28-20(27-21)15-25-11-6-5-7-12-31/h9-10,13,25,31H,4-8,11-12,14-15H2,1-3H3,(H,26,27,28). The van der Waals surface area contributed by atoms with Crippen molar-refractivity contribution < 1.29 is 9.84 Å². The zero-order chi connectivity index (χ0) is 22.9. The second kappa shape index (κ2) is 12.0. The quantitative estimate of drug-likeness (QED) is 0.333. The SMILES string of the molecule is CCCc1nn(C)c2c(NCc3ccc(OC)c(Cl)c3)nc(CNCCCCCO)nc12. The van der Waals surface area contributed by atoms with Gasteiger partial charge in [0, 0.05) is 20.2 Å². The highest BCUT2D eigenvalue weighted by atomic mass is 35.5. The normalized spacial score (nSPS) is 11.3. The maximum Gasteiger partial charge on any atom is 0.156 e. The summed E-state index contributed by atoms with van der Waals surface area (Å²) in [6, 6.07) is 5.74. The molecule has 3 N–H and O–H groups in total. The lowest BCUT2D eigenvalue weighted by molar-refractivity contribution is 0.283. The van der Waals surface area contributed by atoms with E-state index in [2.05, 4.69) is 17.6 Å². The smallest absolute Gasteiger partial charge is 0.156 e. The second-order valence-corrected chi connectivity index (χ2v) is 8.20. The lowest BCUT2D eigenvalue weighted by atomic mass is 10.2. The Labute approximate surface area is 194 Å². The topological polar surface area (TPSA) is 97.1 Å². The number of aryl methyl sites for hydroxylation is 2. The molecule has 0 fully saturated rings. The zero-order valence-electron chi connectivity index (χ0n) is 19.1. The number of rotatable bonds is 13. The summed E-state index contributed by atoms with van der Waals surface area (Å²) in [5.74, 6) is 2.15. The summed E-state index contributed by atoms with van der Waals surface area (Å²) in [6.45, 7) is 4.40. The Balaban J connectivity index is 1.81. The fraction of sp³-hybridized carbons (Fsp3) is 0.522. The van der Waals surface area contributed by atoms with E-state index in [0.29, 0.717) is 23.9 Å². The molecule has 0 bridgehead atoms. The number of unbranched alkanes of at least 4 members (excludes halogenated alkanes) is 2. The monoisotopic (exact) mass is 460 g/mol. The Kier molecular flexibility index (Phi) is 9.08. The van der Waals surface area contributed by atoms with Crippen molar-refractivity contribution in [3.63, 3.8) is 0 Å². The van der Waals surface area contributed by atoms with Gasteiger partial charge in [0.2, 0.25) is 0 Å². The number of hydrogen-bond acceptors (Lipinski definition) is 7. The van der Waals surface area contributed by atoms with Gasteiger partial charge in [-0.1, -0.05) is 31.0 Å². The first-order valence-corrected chi connectivity index (χ1v) is 11.6. The molecule has 0 radical (unpaired) electrons. The van der Waals surface area contributed by atoms with Crippen LogP contribution in [-0.4, -0.2) is 45.1 Å². The van der Waals surface area contributed by atoms with Crippen molar-refractivity contribution in [2.75, 3.05) is 25.6 Å². The molecule has 0 aliphatic rings. The molecular weight excluding hydrogens is 428 g/mol. The highest BCUT2D eigenvalue weighted by Gasteiger charge is 2.17. The van der Waals surface area contributed by atoms with E-state index in [9.17, 15) is 0 Å². The minimum Gasteiger partial charge on any atom is -0.495 e. The minimum absolute atomic E-state index is 0.245. The maximum atomic E-state index is 8.91. The molecule has 0 saturated heterocycles. The Hall–Kier alpha value is -2.42. The molecule has 2 heterocycles. The van der Waals surface area contributed by atoms with Gasteiger partial charge in [-0.05, 0) is 49.9 Å². The van der Waals surface area contributed by atoms with Gasteiger partial charge in [-0.15, -0.1) is 0 Å². The molecule has 0 spiro atoms. The number of aromatic nitrogens is 4. The number of nitrogens with zero attached hydrogens (tertiary/aromatic N) is 4.